The van der Waals surface area contributed by atoms with Crippen LogP contribution < -0.4 is 0 Å². The lowest BCUT2D eigenvalue weighted by Crippen LogP contribution is -2.31. The van der Waals surface area contributed by atoms with Crippen LogP contribution in [0, 0.1) is 5.41 Å². The van der Waals surface area contributed by atoms with Crippen molar-refractivity contribution in [3.8, 4) is 0 Å². The molecule has 0 radical (unpaired) electrons. The monoisotopic (exact) mass is 192 g/mol. The Morgan fingerprint density at radius 3 is 2.93 bits per heavy atom. The second-order valence-electron chi connectivity index (χ2n) is 3.74. The summed E-state index contributed by atoms with van der Waals surface area (Å²) in [5.41, 5.74) is 0. The number of nitrogens with zero attached hydrogens (tertiary/aromatic N) is 1. The zero-order chi connectivity index (χ0) is 9.97. The van der Waals surface area contributed by atoms with Crippen molar-refractivity contribution in [1.29, 1.82) is 5.41 Å². The number of rotatable bonds is 4. The predicted molar refractivity (Wildman–Crippen MR) is 55.3 cm³/mol. The summed E-state index contributed by atoms with van der Waals surface area (Å²) in [5.74, 6) is 1.68. The van der Waals surface area contributed by atoms with E-state index in [1.807, 2.05) is 19.1 Å². The van der Waals surface area contributed by atoms with E-state index < -0.39 is 0 Å². The molecule has 1 heterocycles. The first kappa shape index (κ1) is 9.31. The van der Waals surface area contributed by atoms with E-state index in [1.165, 1.54) is 12.8 Å². The predicted octanol–water partition coefficient (Wildman–Crippen LogP) is 2.63. The summed E-state index contributed by atoms with van der Waals surface area (Å²) in [7, 11) is 0. The second kappa shape index (κ2) is 3.86. The van der Waals surface area contributed by atoms with Crippen molar-refractivity contribution in [2.45, 2.75) is 38.8 Å². The van der Waals surface area contributed by atoms with Crippen LogP contribution in [-0.2, 0) is 6.54 Å². The fraction of sp³-hybridized carbons (Fsp3) is 0.545. The Morgan fingerprint density at radius 1 is 1.64 bits per heavy atom. The Kier molecular flexibility index (Phi) is 2.57. The maximum atomic E-state index is 7.85. The van der Waals surface area contributed by atoms with Crippen molar-refractivity contribution in [2.24, 2.45) is 0 Å². The lowest BCUT2D eigenvalue weighted by Gasteiger charge is -2.23. The average Bonchev–Trinajstić information content (AvgIpc) is 2.92. The number of hydrogen-bond acceptors (Lipinski definition) is 2. The Bertz CT molecular complexity index is 301. The van der Waals surface area contributed by atoms with Crippen LogP contribution in [0.2, 0.25) is 0 Å². The van der Waals surface area contributed by atoms with Crippen LogP contribution in [0.3, 0.4) is 0 Å². The van der Waals surface area contributed by atoms with Crippen molar-refractivity contribution in [3.05, 3.63) is 24.2 Å². The molecule has 1 aromatic rings. The molecule has 1 aliphatic carbocycles. The number of hydrogen-bond donors (Lipinski definition) is 1. The first-order valence-electron chi connectivity index (χ1n) is 5.17. The van der Waals surface area contributed by atoms with Gasteiger partial charge >= 0.3 is 0 Å². The van der Waals surface area contributed by atoms with Crippen molar-refractivity contribution in [3.63, 3.8) is 0 Å². The Labute approximate surface area is 84.2 Å². The van der Waals surface area contributed by atoms with Gasteiger partial charge in [0.15, 0.2) is 0 Å². The Hall–Kier alpha value is -1.25. The first-order chi connectivity index (χ1) is 6.81. The molecule has 3 nitrogen and oxygen atoms in total. The van der Waals surface area contributed by atoms with E-state index in [4.69, 9.17) is 9.83 Å². The molecule has 0 bridgehead atoms. The average molecular weight is 192 g/mol. The van der Waals surface area contributed by atoms with Gasteiger partial charge in [-0.3, -0.25) is 5.41 Å². The van der Waals surface area contributed by atoms with Gasteiger partial charge < -0.3 is 9.32 Å². The molecule has 1 aromatic heterocycles. The fourth-order valence-corrected chi connectivity index (χ4v) is 1.60. The lowest BCUT2D eigenvalue weighted by atomic mass is 10.3. The normalized spacial score (nSPS) is 15.5. The zero-order valence-electron chi connectivity index (χ0n) is 8.49. The second-order valence-corrected chi connectivity index (χ2v) is 3.74. The SMILES string of the molecule is CCC(=N)N(Cc1ccco1)C1CC1. The molecule has 2 rings (SSSR count). The molecule has 0 saturated heterocycles. The molecule has 14 heavy (non-hydrogen) atoms. The summed E-state index contributed by atoms with van der Waals surface area (Å²) in [6.45, 7) is 2.78. The standard InChI is InChI=1S/C11H16N2O/c1-2-11(12)13(9-5-6-9)8-10-4-3-7-14-10/h3-4,7,9,12H,2,5-6,8H2,1H3. The van der Waals surface area contributed by atoms with E-state index in [9.17, 15) is 0 Å². The van der Waals surface area contributed by atoms with Crippen molar-refractivity contribution in [2.75, 3.05) is 0 Å². The molecule has 1 saturated carbocycles. The van der Waals surface area contributed by atoms with E-state index >= 15 is 0 Å². The lowest BCUT2D eigenvalue weighted by molar-refractivity contribution is 0.347. The highest BCUT2D eigenvalue weighted by molar-refractivity contribution is 5.79. The van der Waals surface area contributed by atoms with Gasteiger partial charge in [0.25, 0.3) is 0 Å². The summed E-state index contributed by atoms with van der Waals surface area (Å²) in [6.07, 6.45) is 4.94. The zero-order valence-corrected chi connectivity index (χ0v) is 8.49. The largest absolute Gasteiger partial charge is 0.467 e. The molecule has 3 heteroatoms. The van der Waals surface area contributed by atoms with Gasteiger partial charge in [0, 0.05) is 12.5 Å². The quantitative estimate of drug-likeness (QED) is 0.588. The van der Waals surface area contributed by atoms with Gasteiger partial charge in [0.1, 0.15) is 5.76 Å². The van der Waals surface area contributed by atoms with E-state index in [2.05, 4.69) is 4.90 Å². The maximum absolute atomic E-state index is 7.85. The third-order valence-electron chi connectivity index (χ3n) is 2.58. The van der Waals surface area contributed by atoms with E-state index in [0.29, 0.717) is 6.04 Å². The van der Waals surface area contributed by atoms with Crippen LogP contribution in [0.15, 0.2) is 22.8 Å². The molecule has 76 valence electrons. The van der Waals surface area contributed by atoms with Crippen LogP contribution in [0.25, 0.3) is 0 Å². The maximum Gasteiger partial charge on any atom is 0.123 e. The van der Waals surface area contributed by atoms with Gasteiger partial charge in [-0.25, -0.2) is 0 Å². The van der Waals surface area contributed by atoms with Crippen molar-refractivity contribution < 1.29 is 4.42 Å². The van der Waals surface area contributed by atoms with Gasteiger partial charge in [0.05, 0.1) is 18.6 Å². The molecule has 0 unspecified atom stereocenters. The molecule has 0 aromatic carbocycles. The molecular weight excluding hydrogens is 176 g/mol. The molecule has 0 amide bonds. The van der Waals surface area contributed by atoms with Crippen LogP contribution in [0.4, 0.5) is 0 Å². The summed E-state index contributed by atoms with van der Waals surface area (Å²) >= 11 is 0. The topological polar surface area (TPSA) is 40.2 Å². The molecule has 1 aliphatic rings. The summed E-state index contributed by atoms with van der Waals surface area (Å²) in [6, 6.07) is 4.46. The van der Waals surface area contributed by atoms with Gasteiger partial charge in [-0.15, -0.1) is 0 Å². The fourth-order valence-electron chi connectivity index (χ4n) is 1.60. The molecular formula is C11H16N2O. The summed E-state index contributed by atoms with van der Waals surface area (Å²) < 4.78 is 5.30. The van der Waals surface area contributed by atoms with Crippen LogP contribution >= 0.6 is 0 Å². The van der Waals surface area contributed by atoms with Crippen LogP contribution in [0.1, 0.15) is 31.9 Å². The molecule has 1 fully saturated rings. The smallest absolute Gasteiger partial charge is 0.123 e. The summed E-state index contributed by atoms with van der Waals surface area (Å²) in [5, 5.41) is 7.85. The number of amidine groups is 1. The highest BCUT2D eigenvalue weighted by Crippen LogP contribution is 2.29. The molecule has 0 atom stereocenters. The van der Waals surface area contributed by atoms with E-state index in [0.717, 1.165) is 24.6 Å². The van der Waals surface area contributed by atoms with Crippen molar-refractivity contribution >= 4 is 5.84 Å². The van der Waals surface area contributed by atoms with Crippen LogP contribution in [-0.4, -0.2) is 16.8 Å². The molecule has 0 aliphatic heterocycles. The third kappa shape index (κ3) is 1.97. The Morgan fingerprint density at radius 2 is 2.43 bits per heavy atom. The van der Waals surface area contributed by atoms with Gasteiger partial charge in [-0.2, -0.15) is 0 Å². The van der Waals surface area contributed by atoms with E-state index in [-0.39, 0.29) is 0 Å². The minimum Gasteiger partial charge on any atom is -0.467 e. The minimum atomic E-state index is 0.590. The van der Waals surface area contributed by atoms with Crippen molar-refractivity contribution in [1.82, 2.24) is 4.90 Å². The highest BCUT2D eigenvalue weighted by atomic mass is 16.3. The number of nitrogens with one attached hydrogen (secondary N) is 1. The Balaban J connectivity index is 2.00. The highest BCUT2D eigenvalue weighted by Gasteiger charge is 2.30. The minimum absolute atomic E-state index is 0.590. The number of furan rings is 1. The van der Waals surface area contributed by atoms with Gasteiger partial charge in [-0.1, -0.05) is 6.92 Å². The third-order valence-corrected chi connectivity index (χ3v) is 2.58. The molecule has 0 spiro atoms. The van der Waals surface area contributed by atoms with Gasteiger partial charge in [0.2, 0.25) is 0 Å². The van der Waals surface area contributed by atoms with Gasteiger partial charge in [-0.05, 0) is 25.0 Å². The first-order valence-corrected chi connectivity index (χ1v) is 5.17. The van der Waals surface area contributed by atoms with E-state index in [1.54, 1.807) is 6.26 Å². The summed E-state index contributed by atoms with van der Waals surface area (Å²) in [4.78, 5) is 2.15. The van der Waals surface area contributed by atoms with Crippen LogP contribution in [0.5, 0.6) is 0 Å². The molecule has 1 N–H and O–H groups in total.